The van der Waals surface area contributed by atoms with Crippen LogP contribution in [0.2, 0.25) is 0 Å². The minimum Gasteiger partial charge on any atom is -0.340 e. The summed E-state index contributed by atoms with van der Waals surface area (Å²) < 4.78 is 39.1. The molecule has 0 spiro atoms. The first-order valence-electron chi connectivity index (χ1n) is 14.7. The lowest BCUT2D eigenvalue weighted by atomic mass is 10.1. The van der Waals surface area contributed by atoms with Crippen molar-refractivity contribution in [3.8, 4) is 5.69 Å². The number of halogens is 1. The van der Waals surface area contributed by atoms with Gasteiger partial charge >= 0.3 is 0 Å². The van der Waals surface area contributed by atoms with Gasteiger partial charge in [0.15, 0.2) is 9.84 Å². The zero-order valence-corrected chi connectivity index (χ0v) is 25.0. The first kappa shape index (κ1) is 30.0. The molecule has 0 radical (unpaired) electrons. The molecule has 1 saturated carbocycles. The first-order valence-corrected chi connectivity index (χ1v) is 16.5. The summed E-state index contributed by atoms with van der Waals surface area (Å²) in [5.74, 6) is -0.514. The van der Waals surface area contributed by atoms with Gasteiger partial charge in [-0.05, 0) is 100 Å². The van der Waals surface area contributed by atoms with Gasteiger partial charge in [-0.3, -0.25) is 9.59 Å². The molecule has 1 aliphatic heterocycles. The Balaban J connectivity index is 1.17. The molecule has 8 nitrogen and oxygen atoms in total. The number of sulfone groups is 1. The van der Waals surface area contributed by atoms with E-state index in [4.69, 9.17) is 0 Å². The van der Waals surface area contributed by atoms with Crippen molar-refractivity contribution >= 4 is 21.7 Å². The van der Waals surface area contributed by atoms with Crippen LogP contribution in [0.5, 0.6) is 0 Å². The average Bonchev–Trinajstić information content (AvgIpc) is 3.67. The molecule has 0 unspecified atom stereocenters. The van der Waals surface area contributed by atoms with E-state index in [0.29, 0.717) is 23.9 Å². The number of aromatic nitrogens is 1. The van der Waals surface area contributed by atoms with E-state index in [1.807, 2.05) is 50.2 Å². The molecule has 1 aliphatic carbocycles. The molecule has 5 rings (SSSR count). The van der Waals surface area contributed by atoms with Crippen LogP contribution in [0.3, 0.4) is 0 Å². The predicted octanol–water partition coefficient (Wildman–Crippen LogP) is 3.90. The fraction of sp³-hybridized carbons (Fsp3) is 0.438. The number of hydrogen-bond acceptors (Lipinski definition) is 5. The molecule has 3 atom stereocenters. The van der Waals surface area contributed by atoms with Crippen LogP contribution >= 0.6 is 0 Å². The van der Waals surface area contributed by atoms with Gasteiger partial charge < -0.3 is 20.1 Å². The Bertz CT molecular complexity index is 1490. The Morgan fingerprint density at radius 3 is 2.21 bits per heavy atom. The van der Waals surface area contributed by atoms with Gasteiger partial charge in [-0.25, -0.2) is 12.8 Å². The van der Waals surface area contributed by atoms with Crippen LogP contribution in [-0.2, 0) is 14.6 Å². The molecule has 2 N–H and O–H groups in total. The highest BCUT2D eigenvalue weighted by atomic mass is 32.2. The molecule has 1 saturated heterocycles. The van der Waals surface area contributed by atoms with Gasteiger partial charge in [0.1, 0.15) is 11.9 Å². The van der Waals surface area contributed by atoms with Gasteiger partial charge in [-0.15, -0.1) is 0 Å². The Labute approximate surface area is 247 Å². The third-order valence-corrected chi connectivity index (χ3v) is 9.94. The fourth-order valence-electron chi connectivity index (χ4n) is 5.75. The summed E-state index contributed by atoms with van der Waals surface area (Å²) in [4.78, 5) is 28.2. The van der Waals surface area contributed by atoms with Crippen LogP contribution in [0.25, 0.3) is 5.69 Å². The summed E-state index contributed by atoms with van der Waals surface area (Å²) in [7, 11) is -3.13. The number of carbonyl (C=O) groups excluding carboxylic acids is 2. The highest BCUT2D eigenvalue weighted by Gasteiger charge is 2.37. The number of nitrogens with one attached hydrogen (secondary N) is 2. The summed E-state index contributed by atoms with van der Waals surface area (Å²) in [6.07, 6.45) is 3.02. The van der Waals surface area contributed by atoms with Crippen LogP contribution in [0.15, 0.2) is 60.7 Å². The van der Waals surface area contributed by atoms with E-state index in [0.717, 1.165) is 48.4 Å². The van der Waals surface area contributed by atoms with Crippen LogP contribution in [0.1, 0.15) is 58.9 Å². The lowest BCUT2D eigenvalue weighted by Crippen LogP contribution is -2.52. The predicted molar refractivity (Wildman–Crippen MR) is 161 cm³/mol. The van der Waals surface area contributed by atoms with Crippen molar-refractivity contribution in [2.24, 2.45) is 0 Å². The largest absolute Gasteiger partial charge is 0.340 e. The number of carbonyl (C=O) groups is 2. The second kappa shape index (κ2) is 12.8. The van der Waals surface area contributed by atoms with Gasteiger partial charge in [-0.2, -0.15) is 0 Å². The van der Waals surface area contributed by atoms with Crippen molar-refractivity contribution in [2.45, 2.75) is 57.5 Å². The third-order valence-electron chi connectivity index (χ3n) is 8.33. The molecule has 1 aromatic heterocycles. The summed E-state index contributed by atoms with van der Waals surface area (Å²) in [6, 6.07) is 17.7. The number of aryl methyl sites for hydroxylation is 2. The standard InChI is InChI=1S/C32H39FN4O4S/c1-22-6-7-23(2)37(22)27-14-10-25(11-15-27)31(38)35-29(32(39)36-17-19-42(40,41)20-18-36)5-3-4-16-34-30-21-28(30)24-8-12-26(33)13-9-24/h6-15,28-30,34H,3-5,16-21H2,1-2H3,(H,35,38)/t28-,29-,30+/m0/s1. The van der Waals surface area contributed by atoms with Gasteiger partial charge in [-0.1, -0.05) is 12.1 Å². The Hall–Kier alpha value is -3.50. The fourth-order valence-corrected chi connectivity index (χ4v) is 6.95. The van der Waals surface area contributed by atoms with E-state index in [-0.39, 0.29) is 42.2 Å². The Kier molecular flexibility index (Phi) is 9.13. The molecular formula is C32H39FN4O4S. The topological polar surface area (TPSA) is 101 Å². The third kappa shape index (κ3) is 7.28. The summed E-state index contributed by atoms with van der Waals surface area (Å²) in [6.45, 7) is 5.12. The quantitative estimate of drug-likeness (QED) is 0.328. The van der Waals surface area contributed by atoms with Crippen LogP contribution in [0.4, 0.5) is 4.39 Å². The second-order valence-electron chi connectivity index (χ2n) is 11.5. The Morgan fingerprint density at radius 1 is 0.929 bits per heavy atom. The smallest absolute Gasteiger partial charge is 0.251 e. The molecule has 2 fully saturated rings. The summed E-state index contributed by atoms with van der Waals surface area (Å²) in [5.41, 5.74) is 4.75. The minimum absolute atomic E-state index is 0.0559. The number of nitrogens with zero attached hydrogens (tertiary/aromatic N) is 2. The zero-order valence-electron chi connectivity index (χ0n) is 24.2. The van der Waals surface area contributed by atoms with E-state index in [9.17, 15) is 22.4 Å². The van der Waals surface area contributed by atoms with Crippen molar-refractivity contribution in [2.75, 3.05) is 31.1 Å². The van der Waals surface area contributed by atoms with Crippen LogP contribution in [0, 0.1) is 19.7 Å². The number of unbranched alkanes of at least 4 members (excludes halogenated alkanes) is 1. The molecule has 2 aliphatic rings. The van der Waals surface area contributed by atoms with E-state index in [1.54, 1.807) is 17.0 Å². The van der Waals surface area contributed by atoms with E-state index in [1.165, 1.54) is 12.1 Å². The summed E-state index contributed by atoms with van der Waals surface area (Å²) in [5, 5.41) is 6.48. The SMILES string of the molecule is Cc1ccc(C)n1-c1ccc(C(=O)N[C@@H](CCCCN[C@@H]2C[C@H]2c2ccc(F)cc2)C(=O)N2CCS(=O)(=O)CC2)cc1. The van der Waals surface area contributed by atoms with Crippen molar-refractivity contribution < 1.29 is 22.4 Å². The molecule has 2 amide bonds. The van der Waals surface area contributed by atoms with E-state index < -0.39 is 15.9 Å². The molecule has 42 heavy (non-hydrogen) atoms. The number of amides is 2. The highest BCUT2D eigenvalue weighted by molar-refractivity contribution is 7.91. The molecule has 0 bridgehead atoms. The Morgan fingerprint density at radius 2 is 1.57 bits per heavy atom. The second-order valence-corrected chi connectivity index (χ2v) is 13.8. The number of rotatable bonds is 11. The van der Waals surface area contributed by atoms with Crippen molar-refractivity contribution in [1.82, 2.24) is 20.1 Å². The van der Waals surface area contributed by atoms with Gasteiger partial charge in [0, 0.05) is 47.7 Å². The van der Waals surface area contributed by atoms with Crippen molar-refractivity contribution in [3.05, 3.63) is 89.0 Å². The van der Waals surface area contributed by atoms with Crippen LogP contribution in [-0.4, -0.2) is 72.9 Å². The molecule has 3 aromatic rings. The maximum absolute atomic E-state index is 13.4. The van der Waals surface area contributed by atoms with Crippen molar-refractivity contribution in [3.63, 3.8) is 0 Å². The lowest BCUT2D eigenvalue weighted by molar-refractivity contribution is -0.133. The molecule has 2 aromatic carbocycles. The first-order chi connectivity index (χ1) is 20.1. The highest BCUT2D eigenvalue weighted by Crippen LogP contribution is 2.40. The zero-order chi connectivity index (χ0) is 29.9. The molecule has 2 heterocycles. The maximum atomic E-state index is 13.4. The van der Waals surface area contributed by atoms with E-state index in [2.05, 4.69) is 15.2 Å². The van der Waals surface area contributed by atoms with Crippen LogP contribution < -0.4 is 10.6 Å². The monoisotopic (exact) mass is 594 g/mol. The number of hydrogen-bond donors (Lipinski definition) is 2. The molecular weight excluding hydrogens is 555 g/mol. The maximum Gasteiger partial charge on any atom is 0.251 e. The normalized spacial score (nSPS) is 20.2. The van der Waals surface area contributed by atoms with E-state index >= 15 is 0 Å². The molecule has 224 valence electrons. The summed E-state index contributed by atoms with van der Waals surface area (Å²) >= 11 is 0. The van der Waals surface area contributed by atoms with Crippen molar-refractivity contribution in [1.29, 1.82) is 0 Å². The molecule has 10 heteroatoms. The number of benzene rings is 2. The van der Waals surface area contributed by atoms with Gasteiger partial charge in [0.05, 0.1) is 11.5 Å². The minimum atomic E-state index is -3.13. The van der Waals surface area contributed by atoms with Gasteiger partial charge in [0.2, 0.25) is 5.91 Å². The average molecular weight is 595 g/mol. The lowest BCUT2D eigenvalue weighted by Gasteiger charge is -2.30. The van der Waals surface area contributed by atoms with Gasteiger partial charge in [0.25, 0.3) is 5.91 Å².